The van der Waals surface area contributed by atoms with E-state index in [1.54, 1.807) is 60.7 Å². The number of pyridine rings is 1. The number of nitrogens with one attached hydrogen (secondary N) is 1. The van der Waals surface area contributed by atoms with Crippen LogP contribution in [0.15, 0.2) is 97.2 Å². The first kappa shape index (κ1) is 27.2. The van der Waals surface area contributed by atoms with Crippen LogP contribution < -0.4 is 10.1 Å². The summed E-state index contributed by atoms with van der Waals surface area (Å²) in [4.78, 5) is 3.96. The first-order valence-electron chi connectivity index (χ1n) is 11.5. The maximum atomic E-state index is 13.8. The number of nitrogens with zero attached hydrogens (tertiary/aromatic N) is 1. The second kappa shape index (κ2) is 11.2. The van der Waals surface area contributed by atoms with E-state index < -0.39 is 36.6 Å². The Kier molecular flexibility index (Phi) is 8.03. The smallest absolute Gasteiger partial charge is 0.418 e. The average molecular weight is 532 g/mol. The Balaban J connectivity index is 1.80. The van der Waals surface area contributed by atoms with Gasteiger partial charge in [0, 0.05) is 18.3 Å². The molecule has 4 nitrogen and oxygen atoms in total. The van der Waals surface area contributed by atoms with E-state index in [4.69, 9.17) is 4.74 Å². The lowest BCUT2D eigenvalue weighted by Crippen LogP contribution is -2.40. The highest BCUT2D eigenvalue weighted by molar-refractivity contribution is 5.69. The van der Waals surface area contributed by atoms with Gasteiger partial charge in [0.15, 0.2) is 6.10 Å². The molecule has 0 saturated heterocycles. The van der Waals surface area contributed by atoms with Crippen LogP contribution in [0.2, 0.25) is 0 Å². The van der Waals surface area contributed by atoms with Crippen molar-refractivity contribution in [3.63, 3.8) is 0 Å². The Labute approximate surface area is 214 Å². The molecule has 0 spiro atoms. The van der Waals surface area contributed by atoms with Crippen LogP contribution in [0, 0.1) is 0 Å². The van der Waals surface area contributed by atoms with Crippen molar-refractivity contribution in [1.29, 1.82) is 0 Å². The quantitative estimate of drug-likeness (QED) is 0.237. The molecule has 1 heterocycles. The van der Waals surface area contributed by atoms with Crippen LogP contribution in [-0.4, -0.2) is 28.9 Å². The minimum Gasteiger partial charge on any atom is -0.457 e. The number of hydrogen-bond donors (Lipinski definition) is 2. The van der Waals surface area contributed by atoms with Crippen molar-refractivity contribution in [2.45, 2.75) is 24.5 Å². The van der Waals surface area contributed by atoms with E-state index in [9.17, 15) is 31.4 Å². The van der Waals surface area contributed by atoms with Gasteiger partial charge in [0.05, 0.1) is 17.3 Å². The molecule has 0 saturated carbocycles. The van der Waals surface area contributed by atoms with Crippen molar-refractivity contribution in [2.24, 2.45) is 0 Å². The first-order chi connectivity index (χ1) is 18.0. The van der Waals surface area contributed by atoms with E-state index in [1.807, 2.05) is 0 Å². The highest BCUT2D eigenvalue weighted by Crippen LogP contribution is 2.39. The average Bonchev–Trinajstić information content (AvgIpc) is 2.89. The summed E-state index contributed by atoms with van der Waals surface area (Å²) in [7, 11) is 0. The number of aliphatic hydroxyl groups is 1. The summed E-state index contributed by atoms with van der Waals surface area (Å²) in [6.45, 7) is -0.902. The summed E-state index contributed by atoms with van der Waals surface area (Å²) in [5.41, 5.74) is -0.625. The topological polar surface area (TPSA) is 54.4 Å². The van der Waals surface area contributed by atoms with Gasteiger partial charge in [-0.25, -0.2) is 0 Å². The number of benzene rings is 3. The number of halogens is 6. The van der Waals surface area contributed by atoms with Crippen molar-refractivity contribution in [1.82, 2.24) is 10.3 Å². The second-order valence-electron chi connectivity index (χ2n) is 8.37. The summed E-state index contributed by atoms with van der Waals surface area (Å²) in [6.07, 6.45) is -11.1. The van der Waals surface area contributed by atoms with Gasteiger partial charge in [0.2, 0.25) is 0 Å². The van der Waals surface area contributed by atoms with E-state index in [1.165, 1.54) is 24.4 Å². The van der Waals surface area contributed by atoms with Crippen LogP contribution in [0.3, 0.4) is 0 Å². The molecule has 198 valence electrons. The summed E-state index contributed by atoms with van der Waals surface area (Å²) in [5.74, 6) is 0.883. The fourth-order valence-electron chi connectivity index (χ4n) is 3.95. The second-order valence-corrected chi connectivity index (χ2v) is 8.37. The Hall–Kier alpha value is -3.89. The maximum Gasteiger partial charge on any atom is 0.418 e. The predicted molar refractivity (Wildman–Crippen MR) is 130 cm³/mol. The SMILES string of the molecule is OC(CNC(c1cccc(Oc2ccccc2)c1)c1ccccc1-c1ncccc1C(F)(F)F)C(F)(F)F. The van der Waals surface area contributed by atoms with Gasteiger partial charge in [-0.15, -0.1) is 0 Å². The van der Waals surface area contributed by atoms with E-state index >= 15 is 0 Å². The van der Waals surface area contributed by atoms with Gasteiger partial charge in [0.25, 0.3) is 0 Å². The zero-order chi connectivity index (χ0) is 27.3. The van der Waals surface area contributed by atoms with E-state index in [0.29, 0.717) is 17.1 Å². The van der Waals surface area contributed by atoms with Gasteiger partial charge >= 0.3 is 12.4 Å². The molecular weight excluding hydrogens is 510 g/mol. The van der Waals surface area contributed by atoms with Crippen LogP contribution in [0.25, 0.3) is 11.3 Å². The molecule has 1 aromatic heterocycles. The van der Waals surface area contributed by atoms with Crippen molar-refractivity contribution in [3.05, 3.63) is 114 Å². The fourth-order valence-corrected chi connectivity index (χ4v) is 3.95. The zero-order valence-corrected chi connectivity index (χ0v) is 19.7. The molecular formula is C28H22F6N2O2. The lowest BCUT2D eigenvalue weighted by molar-refractivity contribution is -0.202. The molecule has 2 atom stereocenters. The molecule has 0 aliphatic heterocycles. The third-order valence-electron chi connectivity index (χ3n) is 5.70. The van der Waals surface area contributed by atoms with Crippen molar-refractivity contribution >= 4 is 0 Å². The first-order valence-corrected chi connectivity index (χ1v) is 11.5. The van der Waals surface area contributed by atoms with Gasteiger partial charge in [0.1, 0.15) is 11.5 Å². The Bertz CT molecular complexity index is 1360. The van der Waals surface area contributed by atoms with Crippen molar-refractivity contribution < 1.29 is 36.2 Å². The highest BCUT2D eigenvalue weighted by Gasteiger charge is 2.39. The molecule has 0 amide bonds. The lowest BCUT2D eigenvalue weighted by Gasteiger charge is -2.25. The van der Waals surface area contributed by atoms with E-state index in [-0.39, 0.29) is 16.8 Å². The summed E-state index contributed by atoms with van der Waals surface area (Å²) in [6, 6.07) is 22.2. The van der Waals surface area contributed by atoms with Crippen molar-refractivity contribution in [3.8, 4) is 22.8 Å². The lowest BCUT2D eigenvalue weighted by atomic mass is 9.91. The number of aromatic nitrogens is 1. The molecule has 10 heteroatoms. The minimum atomic E-state index is -4.89. The number of rotatable bonds is 8. The normalized spacial score (nSPS) is 13.7. The Morgan fingerprint density at radius 2 is 1.47 bits per heavy atom. The van der Waals surface area contributed by atoms with Crippen LogP contribution >= 0.6 is 0 Å². The molecule has 0 radical (unpaired) electrons. The van der Waals surface area contributed by atoms with Gasteiger partial charge in [-0.3, -0.25) is 4.98 Å². The molecule has 3 aromatic carbocycles. The van der Waals surface area contributed by atoms with Crippen LogP contribution in [0.5, 0.6) is 11.5 Å². The third-order valence-corrected chi connectivity index (χ3v) is 5.70. The van der Waals surface area contributed by atoms with Gasteiger partial charge in [-0.1, -0.05) is 54.6 Å². The van der Waals surface area contributed by atoms with E-state index in [0.717, 1.165) is 12.1 Å². The molecule has 0 bridgehead atoms. The van der Waals surface area contributed by atoms with Gasteiger partial charge in [-0.05, 0) is 47.5 Å². The van der Waals surface area contributed by atoms with E-state index in [2.05, 4.69) is 10.3 Å². The largest absolute Gasteiger partial charge is 0.457 e. The van der Waals surface area contributed by atoms with Crippen LogP contribution in [0.1, 0.15) is 22.7 Å². The molecule has 4 rings (SSSR count). The minimum absolute atomic E-state index is 0.0776. The van der Waals surface area contributed by atoms with Gasteiger partial charge < -0.3 is 15.2 Å². The molecule has 0 aliphatic carbocycles. The molecule has 0 fully saturated rings. The number of aliphatic hydroxyl groups excluding tert-OH is 1. The number of hydrogen-bond acceptors (Lipinski definition) is 4. The summed E-state index contributed by atoms with van der Waals surface area (Å²) >= 11 is 0. The molecule has 0 aliphatic rings. The predicted octanol–water partition coefficient (Wildman–Crippen LogP) is 7.16. The third kappa shape index (κ3) is 6.51. The van der Waals surface area contributed by atoms with Crippen LogP contribution in [0.4, 0.5) is 26.3 Å². The maximum absolute atomic E-state index is 13.8. The molecule has 4 aromatic rings. The zero-order valence-electron chi connectivity index (χ0n) is 19.7. The number of ether oxygens (including phenoxy) is 1. The monoisotopic (exact) mass is 532 g/mol. The fraction of sp³-hybridized carbons (Fsp3) is 0.179. The number of alkyl halides is 6. The molecule has 38 heavy (non-hydrogen) atoms. The number of para-hydroxylation sites is 1. The Morgan fingerprint density at radius 1 is 0.789 bits per heavy atom. The highest BCUT2D eigenvalue weighted by atomic mass is 19.4. The van der Waals surface area contributed by atoms with Crippen LogP contribution in [-0.2, 0) is 6.18 Å². The summed E-state index contributed by atoms with van der Waals surface area (Å²) in [5, 5.41) is 12.3. The van der Waals surface area contributed by atoms with Gasteiger partial charge in [-0.2, -0.15) is 26.3 Å². The molecule has 2 unspecified atom stereocenters. The van der Waals surface area contributed by atoms with Crippen molar-refractivity contribution in [2.75, 3.05) is 6.54 Å². The molecule has 2 N–H and O–H groups in total. The standard InChI is InChI=1S/C28H22F6N2O2/c29-27(30,31)23-14-7-15-35-26(23)22-13-5-4-12-21(22)25(36-17-24(37)28(32,33)34)18-8-6-11-20(16-18)38-19-9-2-1-3-10-19/h1-16,24-25,36-37H,17H2. The summed E-state index contributed by atoms with van der Waals surface area (Å²) < 4.78 is 86.5. The Morgan fingerprint density at radius 3 is 2.18 bits per heavy atom.